The molecule has 1 atom stereocenters. The van der Waals surface area contributed by atoms with Crippen molar-refractivity contribution in [1.29, 1.82) is 0 Å². The molecule has 7 heteroatoms. The zero-order chi connectivity index (χ0) is 13.9. The van der Waals surface area contributed by atoms with Crippen LogP contribution in [0.1, 0.15) is 25.0 Å². The number of nitrogens with one attached hydrogen (secondary N) is 2. The van der Waals surface area contributed by atoms with Crippen molar-refractivity contribution in [2.45, 2.75) is 31.8 Å². The van der Waals surface area contributed by atoms with E-state index >= 15 is 0 Å². The van der Waals surface area contributed by atoms with E-state index < -0.39 is 0 Å². The molecule has 0 aromatic carbocycles. The average molecular weight is 294 g/mol. The summed E-state index contributed by atoms with van der Waals surface area (Å²) in [6.45, 7) is 1.35. The van der Waals surface area contributed by atoms with Crippen molar-refractivity contribution < 1.29 is 9.53 Å². The van der Waals surface area contributed by atoms with Crippen molar-refractivity contribution in [3.8, 4) is 5.88 Å². The van der Waals surface area contributed by atoms with Gasteiger partial charge in [0.25, 0.3) is 0 Å². The number of rotatable bonds is 4. The van der Waals surface area contributed by atoms with Crippen molar-refractivity contribution >= 4 is 22.2 Å². The molecule has 2 aromatic heterocycles. The number of ether oxygens (including phenoxy) is 1. The van der Waals surface area contributed by atoms with E-state index in [-0.39, 0.29) is 11.9 Å². The van der Waals surface area contributed by atoms with Crippen LogP contribution in [0.15, 0.2) is 11.6 Å². The molecule has 0 radical (unpaired) electrons. The topological polar surface area (TPSA) is 67.7 Å². The largest absolute Gasteiger partial charge is 0.480 e. The highest BCUT2D eigenvalue weighted by atomic mass is 32.1. The molecule has 0 spiro atoms. The number of fused-ring (bicyclic) bond motifs is 1. The monoisotopic (exact) mass is 294 g/mol. The van der Waals surface area contributed by atoms with Gasteiger partial charge in [-0.1, -0.05) is 0 Å². The Hall–Kier alpha value is -1.60. The van der Waals surface area contributed by atoms with E-state index in [1.807, 2.05) is 16.0 Å². The van der Waals surface area contributed by atoms with Gasteiger partial charge in [0.15, 0.2) is 4.96 Å². The van der Waals surface area contributed by atoms with E-state index in [1.54, 1.807) is 18.4 Å². The Morgan fingerprint density at radius 1 is 1.60 bits per heavy atom. The Morgan fingerprint density at radius 2 is 2.50 bits per heavy atom. The Kier molecular flexibility index (Phi) is 3.88. The summed E-state index contributed by atoms with van der Waals surface area (Å²) in [6.07, 6.45) is 4.96. The maximum atomic E-state index is 11.9. The van der Waals surface area contributed by atoms with Gasteiger partial charge in [-0.3, -0.25) is 9.20 Å². The average Bonchev–Trinajstić information content (AvgIpc) is 2.96. The Labute approximate surface area is 121 Å². The fourth-order valence-electron chi connectivity index (χ4n) is 2.49. The van der Waals surface area contributed by atoms with Gasteiger partial charge >= 0.3 is 0 Å². The zero-order valence-electron chi connectivity index (χ0n) is 11.4. The summed E-state index contributed by atoms with van der Waals surface area (Å²) in [5.41, 5.74) is 0.959. The van der Waals surface area contributed by atoms with Crippen LogP contribution in [-0.4, -0.2) is 35.0 Å². The van der Waals surface area contributed by atoms with Crippen LogP contribution in [0.4, 0.5) is 0 Å². The second kappa shape index (κ2) is 5.80. The molecule has 3 rings (SSSR count). The first-order chi connectivity index (χ1) is 9.79. The number of nitrogens with zero attached hydrogens (tertiary/aromatic N) is 2. The molecule has 2 N–H and O–H groups in total. The number of hydrogen-bond acceptors (Lipinski definition) is 5. The number of methoxy groups -OCH3 is 1. The molecule has 1 saturated heterocycles. The van der Waals surface area contributed by atoms with E-state index in [0.717, 1.165) is 36.5 Å². The minimum absolute atomic E-state index is 0.0903. The van der Waals surface area contributed by atoms with E-state index in [1.165, 1.54) is 0 Å². The molecule has 3 heterocycles. The summed E-state index contributed by atoms with van der Waals surface area (Å²) in [5, 5.41) is 8.24. The van der Waals surface area contributed by atoms with Crippen LogP contribution in [0.3, 0.4) is 0 Å². The molecule has 0 aliphatic carbocycles. The number of aromatic nitrogens is 2. The molecule has 0 bridgehead atoms. The maximum absolute atomic E-state index is 11.9. The van der Waals surface area contributed by atoms with Crippen LogP contribution in [0.5, 0.6) is 5.88 Å². The van der Waals surface area contributed by atoms with Crippen molar-refractivity contribution in [3.05, 3.63) is 17.3 Å². The first-order valence-electron chi connectivity index (χ1n) is 6.79. The first kappa shape index (κ1) is 13.4. The molecular formula is C13H18N4O2S. The minimum atomic E-state index is -0.133. The van der Waals surface area contributed by atoms with Crippen LogP contribution in [0.2, 0.25) is 0 Å². The van der Waals surface area contributed by atoms with Gasteiger partial charge in [-0.05, 0) is 19.3 Å². The van der Waals surface area contributed by atoms with Gasteiger partial charge in [-0.2, -0.15) is 4.98 Å². The molecule has 108 valence electrons. The Balaban J connectivity index is 1.75. The van der Waals surface area contributed by atoms with Crippen molar-refractivity contribution in [3.63, 3.8) is 0 Å². The predicted octanol–water partition coefficient (Wildman–Crippen LogP) is 1.16. The van der Waals surface area contributed by atoms with Crippen LogP contribution < -0.4 is 15.4 Å². The fourth-order valence-corrected chi connectivity index (χ4v) is 3.22. The number of carbonyl (C=O) groups is 1. The second-order valence-corrected chi connectivity index (χ2v) is 5.72. The Bertz CT molecular complexity index is 607. The molecule has 1 aliphatic heterocycles. The van der Waals surface area contributed by atoms with E-state index in [9.17, 15) is 4.79 Å². The Morgan fingerprint density at radius 3 is 3.35 bits per heavy atom. The third-order valence-electron chi connectivity index (χ3n) is 3.57. The highest BCUT2D eigenvalue weighted by molar-refractivity contribution is 7.15. The van der Waals surface area contributed by atoms with Crippen LogP contribution in [0.25, 0.3) is 4.96 Å². The lowest BCUT2D eigenvalue weighted by Crippen LogP contribution is -2.42. The predicted molar refractivity (Wildman–Crippen MR) is 77.1 cm³/mol. The lowest BCUT2D eigenvalue weighted by atomic mass is 10.1. The second-order valence-electron chi connectivity index (χ2n) is 4.84. The number of imidazole rings is 1. The van der Waals surface area contributed by atoms with Crippen molar-refractivity contribution in [2.75, 3.05) is 13.7 Å². The third-order valence-corrected chi connectivity index (χ3v) is 4.33. The standard InChI is InChI=1S/C13H18N4O2S/c1-19-12-10(17-6-7-20-13(17)16-12)8-15-9-4-2-3-5-14-11(9)18/h6-7,9,15H,2-5,8H2,1H3,(H,14,18). The molecule has 1 unspecified atom stereocenters. The molecule has 6 nitrogen and oxygen atoms in total. The fraction of sp³-hybridized carbons (Fsp3) is 0.538. The molecule has 20 heavy (non-hydrogen) atoms. The van der Waals surface area contributed by atoms with Gasteiger partial charge in [0, 0.05) is 24.7 Å². The van der Waals surface area contributed by atoms with Crippen LogP contribution in [0, 0.1) is 0 Å². The summed E-state index contributed by atoms with van der Waals surface area (Å²) >= 11 is 1.57. The summed E-state index contributed by atoms with van der Waals surface area (Å²) in [7, 11) is 1.62. The summed E-state index contributed by atoms with van der Waals surface area (Å²) in [6, 6.07) is -0.133. The SMILES string of the molecule is COc1nc2sccn2c1CNC1CCCCNC1=O. The number of carbonyl (C=O) groups excluding carboxylic acids is 1. The van der Waals surface area contributed by atoms with E-state index in [4.69, 9.17) is 4.74 Å². The lowest BCUT2D eigenvalue weighted by Gasteiger charge is -2.15. The molecule has 1 amide bonds. The summed E-state index contributed by atoms with van der Waals surface area (Å²) in [4.78, 5) is 17.2. The molecular weight excluding hydrogens is 276 g/mol. The molecule has 2 aromatic rings. The van der Waals surface area contributed by atoms with Crippen LogP contribution in [-0.2, 0) is 11.3 Å². The van der Waals surface area contributed by atoms with Crippen molar-refractivity contribution in [1.82, 2.24) is 20.0 Å². The van der Waals surface area contributed by atoms with Gasteiger partial charge < -0.3 is 15.4 Å². The number of thiazole rings is 1. The quantitative estimate of drug-likeness (QED) is 0.888. The lowest BCUT2D eigenvalue weighted by molar-refractivity contribution is -0.122. The number of hydrogen-bond donors (Lipinski definition) is 2. The maximum Gasteiger partial charge on any atom is 0.237 e. The minimum Gasteiger partial charge on any atom is -0.480 e. The molecule has 1 fully saturated rings. The normalized spacial score (nSPS) is 19.9. The third kappa shape index (κ3) is 2.51. The van der Waals surface area contributed by atoms with Crippen molar-refractivity contribution in [2.24, 2.45) is 0 Å². The number of amides is 1. The summed E-state index contributed by atoms with van der Waals surface area (Å²) < 4.78 is 7.32. The molecule has 0 saturated carbocycles. The van der Waals surface area contributed by atoms with Gasteiger partial charge in [-0.15, -0.1) is 11.3 Å². The molecule has 1 aliphatic rings. The summed E-state index contributed by atoms with van der Waals surface area (Å²) in [5.74, 6) is 0.714. The van der Waals surface area contributed by atoms with Gasteiger partial charge in [-0.25, -0.2) is 0 Å². The van der Waals surface area contributed by atoms with E-state index in [0.29, 0.717) is 12.4 Å². The van der Waals surface area contributed by atoms with Gasteiger partial charge in [0.05, 0.1) is 13.2 Å². The van der Waals surface area contributed by atoms with Gasteiger partial charge in [0.2, 0.25) is 11.8 Å². The smallest absolute Gasteiger partial charge is 0.237 e. The zero-order valence-corrected chi connectivity index (χ0v) is 12.2. The van der Waals surface area contributed by atoms with Crippen LogP contribution >= 0.6 is 11.3 Å². The first-order valence-corrected chi connectivity index (χ1v) is 7.67. The van der Waals surface area contributed by atoms with E-state index in [2.05, 4.69) is 15.6 Å². The highest BCUT2D eigenvalue weighted by Crippen LogP contribution is 2.23. The van der Waals surface area contributed by atoms with Gasteiger partial charge in [0.1, 0.15) is 5.69 Å². The highest BCUT2D eigenvalue weighted by Gasteiger charge is 2.21.